The molecule has 2 rings (SSSR count). The molecule has 1 aromatic carbocycles. The second-order valence-electron chi connectivity index (χ2n) is 4.74. The molecule has 4 nitrogen and oxygen atoms in total. The third kappa shape index (κ3) is 3.09. The van der Waals surface area contributed by atoms with Crippen LogP contribution in [-0.4, -0.2) is 25.2 Å². The van der Waals surface area contributed by atoms with Gasteiger partial charge >= 0.3 is 0 Å². The molecule has 2 atom stereocenters. The van der Waals surface area contributed by atoms with Crippen molar-refractivity contribution in [1.29, 1.82) is 0 Å². The standard InChI is InChI=1S/C14H20N2O2/c1-18-13-7-6-12(8-13)16-14(17)11-4-2-10(9-15)3-5-11/h2-5,12-13H,6-9,15H2,1H3,(H,16,17). The average molecular weight is 248 g/mol. The van der Waals surface area contributed by atoms with E-state index >= 15 is 0 Å². The van der Waals surface area contributed by atoms with Gasteiger partial charge in [-0.1, -0.05) is 12.1 Å². The Bertz CT molecular complexity index is 403. The molecule has 3 N–H and O–H groups in total. The molecule has 0 heterocycles. The summed E-state index contributed by atoms with van der Waals surface area (Å²) in [5, 5.41) is 3.05. The number of carbonyl (C=O) groups is 1. The van der Waals surface area contributed by atoms with E-state index < -0.39 is 0 Å². The summed E-state index contributed by atoms with van der Waals surface area (Å²) in [4.78, 5) is 12.0. The molecule has 1 fully saturated rings. The Hall–Kier alpha value is -1.39. The minimum Gasteiger partial charge on any atom is -0.381 e. The van der Waals surface area contributed by atoms with Crippen LogP contribution in [0.5, 0.6) is 0 Å². The van der Waals surface area contributed by atoms with Crippen LogP contribution in [0.2, 0.25) is 0 Å². The Morgan fingerprint density at radius 1 is 1.39 bits per heavy atom. The van der Waals surface area contributed by atoms with Gasteiger partial charge < -0.3 is 15.8 Å². The van der Waals surface area contributed by atoms with Crippen LogP contribution >= 0.6 is 0 Å². The number of hydrogen-bond acceptors (Lipinski definition) is 3. The lowest BCUT2D eigenvalue weighted by atomic mass is 10.1. The Balaban J connectivity index is 1.91. The van der Waals surface area contributed by atoms with Crippen LogP contribution in [0.15, 0.2) is 24.3 Å². The molecule has 0 radical (unpaired) electrons. The van der Waals surface area contributed by atoms with Crippen LogP contribution in [0.4, 0.5) is 0 Å². The number of nitrogens with two attached hydrogens (primary N) is 1. The van der Waals surface area contributed by atoms with E-state index in [9.17, 15) is 4.79 Å². The van der Waals surface area contributed by atoms with Crippen molar-refractivity contribution in [3.05, 3.63) is 35.4 Å². The number of nitrogens with one attached hydrogen (secondary N) is 1. The summed E-state index contributed by atoms with van der Waals surface area (Å²) in [5.74, 6) is -0.0136. The quantitative estimate of drug-likeness (QED) is 0.847. The second kappa shape index (κ2) is 5.98. The highest BCUT2D eigenvalue weighted by Crippen LogP contribution is 2.21. The van der Waals surface area contributed by atoms with E-state index in [1.54, 1.807) is 7.11 Å². The molecule has 1 aliphatic carbocycles. The predicted molar refractivity (Wildman–Crippen MR) is 70.2 cm³/mol. The lowest BCUT2D eigenvalue weighted by Crippen LogP contribution is -2.33. The third-order valence-corrected chi connectivity index (χ3v) is 3.50. The fraction of sp³-hybridized carbons (Fsp3) is 0.500. The minimum absolute atomic E-state index is 0.0136. The summed E-state index contributed by atoms with van der Waals surface area (Å²) in [6, 6.07) is 7.65. The Kier molecular flexibility index (Phi) is 4.33. The highest BCUT2D eigenvalue weighted by Gasteiger charge is 2.25. The molecule has 18 heavy (non-hydrogen) atoms. The van der Waals surface area contributed by atoms with E-state index in [2.05, 4.69) is 5.32 Å². The first-order valence-corrected chi connectivity index (χ1v) is 6.35. The zero-order chi connectivity index (χ0) is 13.0. The van der Waals surface area contributed by atoms with Crippen LogP contribution in [0.3, 0.4) is 0 Å². The van der Waals surface area contributed by atoms with Crippen LogP contribution in [0, 0.1) is 0 Å². The largest absolute Gasteiger partial charge is 0.381 e. The van der Waals surface area contributed by atoms with Crippen molar-refractivity contribution < 1.29 is 9.53 Å². The van der Waals surface area contributed by atoms with Crippen molar-refractivity contribution in [2.45, 2.75) is 38.0 Å². The van der Waals surface area contributed by atoms with Crippen molar-refractivity contribution in [3.63, 3.8) is 0 Å². The Labute approximate surface area is 108 Å². The minimum atomic E-state index is -0.0136. The summed E-state index contributed by atoms with van der Waals surface area (Å²) >= 11 is 0. The van der Waals surface area contributed by atoms with Crippen molar-refractivity contribution in [1.82, 2.24) is 5.32 Å². The van der Waals surface area contributed by atoms with E-state index in [1.165, 1.54) is 0 Å². The van der Waals surface area contributed by atoms with Gasteiger partial charge in [-0.25, -0.2) is 0 Å². The Morgan fingerprint density at radius 2 is 2.11 bits per heavy atom. The monoisotopic (exact) mass is 248 g/mol. The number of carbonyl (C=O) groups excluding carboxylic acids is 1. The highest BCUT2D eigenvalue weighted by molar-refractivity contribution is 5.94. The molecule has 1 saturated carbocycles. The van der Waals surface area contributed by atoms with E-state index in [1.807, 2.05) is 24.3 Å². The van der Waals surface area contributed by atoms with Crippen molar-refractivity contribution in [3.8, 4) is 0 Å². The number of ether oxygens (including phenoxy) is 1. The molecule has 4 heteroatoms. The molecule has 2 unspecified atom stereocenters. The van der Waals surface area contributed by atoms with Gasteiger partial charge in [-0.2, -0.15) is 0 Å². The average Bonchev–Trinajstić information content (AvgIpc) is 2.86. The molecule has 0 spiro atoms. The first-order chi connectivity index (χ1) is 8.72. The summed E-state index contributed by atoms with van der Waals surface area (Å²) in [6.45, 7) is 0.500. The van der Waals surface area contributed by atoms with E-state index in [4.69, 9.17) is 10.5 Å². The van der Waals surface area contributed by atoms with Crippen molar-refractivity contribution in [2.24, 2.45) is 5.73 Å². The number of rotatable bonds is 4. The topological polar surface area (TPSA) is 64.3 Å². The predicted octanol–water partition coefficient (Wildman–Crippen LogP) is 1.44. The Morgan fingerprint density at radius 3 is 2.67 bits per heavy atom. The summed E-state index contributed by atoms with van der Waals surface area (Å²) in [5.41, 5.74) is 7.25. The van der Waals surface area contributed by atoms with Crippen LogP contribution < -0.4 is 11.1 Å². The fourth-order valence-corrected chi connectivity index (χ4v) is 2.35. The number of amides is 1. The maximum atomic E-state index is 12.0. The maximum absolute atomic E-state index is 12.0. The molecule has 0 bridgehead atoms. The zero-order valence-corrected chi connectivity index (χ0v) is 10.7. The fourth-order valence-electron chi connectivity index (χ4n) is 2.35. The lowest BCUT2D eigenvalue weighted by Gasteiger charge is -2.13. The van der Waals surface area contributed by atoms with Gasteiger partial charge in [0.1, 0.15) is 0 Å². The van der Waals surface area contributed by atoms with Gasteiger partial charge in [0, 0.05) is 25.3 Å². The normalized spacial score (nSPS) is 23.0. The molecule has 0 aromatic heterocycles. The maximum Gasteiger partial charge on any atom is 0.251 e. The van der Waals surface area contributed by atoms with Crippen LogP contribution in [-0.2, 0) is 11.3 Å². The van der Waals surface area contributed by atoms with Gasteiger partial charge in [-0.3, -0.25) is 4.79 Å². The summed E-state index contributed by atoms with van der Waals surface area (Å²) < 4.78 is 5.29. The number of hydrogen-bond donors (Lipinski definition) is 2. The first-order valence-electron chi connectivity index (χ1n) is 6.35. The molecule has 98 valence electrons. The summed E-state index contributed by atoms with van der Waals surface area (Å²) in [7, 11) is 1.72. The summed E-state index contributed by atoms with van der Waals surface area (Å²) in [6.07, 6.45) is 3.21. The van der Waals surface area contributed by atoms with Crippen molar-refractivity contribution >= 4 is 5.91 Å². The van der Waals surface area contributed by atoms with E-state index in [0.29, 0.717) is 12.1 Å². The van der Waals surface area contributed by atoms with Crippen LogP contribution in [0.25, 0.3) is 0 Å². The second-order valence-corrected chi connectivity index (χ2v) is 4.74. The van der Waals surface area contributed by atoms with Gasteiger partial charge in [0.25, 0.3) is 5.91 Å². The SMILES string of the molecule is COC1CCC(NC(=O)c2ccc(CN)cc2)C1. The molecule has 0 saturated heterocycles. The molecular weight excluding hydrogens is 228 g/mol. The van der Waals surface area contributed by atoms with Crippen molar-refractivity contribution in [2.75, 3.05) is 7.11 Å². The van der Waals surface area contributed by atoms with Gasteiger partial charge in [-0.05, 0) is 37.0 Å². The van der Waals surface area contributed by atoms with E-state index in [-0.39, 0.29) is 18.1 Å². The van der Waals surface area contributed by atoms with Gasteiger partial charge in [0.05, 0.1) is 6.10 Å². The number of methoxy groups -OCH3 is 1. The third-order valence-electron chi connectivity index (χ3n) is 3.50. The highest BCUT2D eigenvalue weighted by atomic mass is 16.5. The van der Waals surface area contributed by atoms with Gasteiger partial charge in [0.2, 0.25) is 0 Å². The lowest BCUT2D eigenvalue weighted by molar-refractivity contribution is 0.0915. The first kappa shape index (κ1) is 13.1. The molecule has 1 aliphatic rings. The van der Waals surface area contributed by atoms with Gasteiger partial charge in [0.15, 0.2) is 0 Å². The molecule has 1 aromatic rings. The van der Waals surface area contributed by atoms with Crippen LogP contribution in [0.1, 0.15) is 35.2 Å². The molecular formula is C14H20N2O2. The smallest absolute Gasteiger partial charge is 0.251 e. The molecule has 0 aliphatic heterocycles. The molecule has 1 amide bonds. The van der Waals surface area contributed by atoms with Gasteiger partial charge in [-0.15, -0.1) is 0 Å². The zero-order valence-electron chi connectivity index (χ0n) is 10.7. The number of benzene rings is 1. The van der Waals surface area contributed by atoms with E-state index in [0.717, 1.165) is 24.8 Å².